The third kappa shape index (κ3) is 4.90. The van der Waals surface area contributed by atoms with Gasteiger partial charge in [-0.25, -0.2) is 4.98 Å². The number of aryl methyl sites for hydroxylation is 2. The minimum Gasteiger partial charge on any atom is -0.465 e. The maximum Gasteiger partial charge on any atom is 0.330 e. The van der Waals surface area contributed by atoms with Gasteiger partial charge in [0.2, 0.25) is 0 Å². The van der Waals surface area contributed by atoms with Crippen molar-refractivity contribution in [2.75, 3.05) is 27.0 Å². The summed E-state index contributed by atoms with van der Waals surface area (Å²) in [6, 6.07) is 2.78. The Bertz CT molecular complexity index is 865. The summed E-state index contributed by atoms with van der Waals surface area (Å²) in [7, 11) is -0.874. The smallest absolute Gasteiger partial charge is 0.330 e. The Morgan fingerprint density at radius 1 is 1.19 bits per heavy atom. The standard InChI is InChI=1S/C18H26N3O5P/c1-6-26-18(22)17(19)13(10-27(23,24-4)25-5)16-9-20-14-7-11(2)12(3)8-15(14)21-16/h7-9,13,17H,6,10,19H2,1-5H3. The first-order valence-corrected chi connectivity index (χ1v) is 10.3. The summed E-state index contributed by atoms with van der Waals surface area (Å²) in [5, 5.41) is 0. The second-order valence-electron chi connectivity index (χ2n) is 6.26. The van der Waals surface area contributed by atoms with Crippen LogP contribution in [0.15, 0.2) is 18.3 Å². The number of nitrogens with two attached hydrogens (primary N) is 1. The summed E-state index contributed by atoms with van der Waals surface area (Å²) in [6.45, 7) is 5.86. The Morgan fingerprint density at radius 2 is 1.78 bits per heavy atom. The third-order valence-electron chi connectivity index (χ3n) is 4.53. The number of benzene rings is 1. The Morgan fingerprint density at radius 3 is 2.33 bits per heavy atom. The van der Waals surface area contributed by atoms with E-state index in [1.54, 1.807) is 6.92 Å². The highest BCUT2D eigenvalue weighted by Gasteiger charge is 2.36. The highest BCUT2D eigenvalue weighted by atomic mass is 31.2. The molecule has 2 rings (SSSR count). The maximum atomic E-state index is 12.7. The summed E-state index contributed by atoms with van der Waals surface area (Å²) in [4.78, 5) is 21.3. The SMILES string of the molecule is CCOC(=O)C(N)C(CP(=O)(OC)OC)c1cnc2cc(C)c(C)cc2n1. The molecule has 0 aliphatic carbocycles. The monoisotopic (exact) mass is 395 g/mol. The zero-order chi connectivity index (χ0) is 20.2. The summed E-state index contributed by atoms with van der Waals surface area (Å²) >= 11 is 0. The molecule has 1 aromatic carbocycles. The van der Waals surface area contributed by atoms with Crippen LogP contribution in [0.1, 0.15) is 29.7 Å². The normalized spacial score (nSPS) is 14.1. The number of hydrogen-bond donors (Lipinski definition) is 1. The second-order valence-corrected chi connectivity index (χ2v) is 8.58. The van der Waals surface area contributed by atoms with E-state index in [1.807, 2.05) is 26.0 Å². The van der Waals surface area contributed by atoms with Gasteiger partial charge >= 0.3 is 13.6 Å². The van der Waals surface area contributed by atoms with Crippen molar-refractivity contribution in [2.24, 2.45) is 5.73 Å². The number of fused-ring (bicyclic) bond motifs is 1. The fraction of sp³-hybridized carbons (Fsp3) is 0.500. The van der Waals surface area contributed by atoms with Crippen molar-refractivity contribution in [3.8, 4) is 0 Å². The predicted octanol–water partition coefficient (Wildman–Crippen LogP) is 2.71. The number of carbonyl (C=O) groups excluding carboxylic acids is 1. The summed E-state index contributed by atoms with van der Waals surface area (Å²) in [5.41, 5.74) is 10.1. The summed E-state index contributed by atoms with van der Waals surface area (Å²) in [5.74, 6) is -1.35. The van der Waals surface area contributed by atoms with Crippen LogP contribution in [0.25, 0.3) is 11.0 Å². The molecular formula is C18H26N3O5P. The van der Waals surface area contributed by atoms with E-state index in [-0.39, 0.29) is 12.8 Å². The van der Waals surface area contributed by atoms with Crippen LogP contribution < -0.4 is 5.73 Å². The fourth-order valence-electron chi connectivity index (χ4n) is 2.72. The Hall–Kier alpha value is -1.86. The minimum atomic E-state index is -3.45. The molecule has 27 heavy (non-hydrogen) atoms. The van der Waals surface area contributed by atoms with Gasteiger partial charge in [0, 0.05) is 26.3 Å². The van der Waals surface area contributed by atoms with Crippen LogP contribution in [-0.2, 0) is 23.1 Å². The molecule has 0 aliphatic rings. The van der Waals surface area contributed by atoms with Crippen molar-refractivity contribution in [1.82, 2.24) is 9.97 Å². The molecule has 0 fully saturated rings. The summed E-state index contributed by atoms with van der Waals surface area (Å²) < 4.78 is 27.8. The number of ether oxygens (including phenoxy) is 1. The van der Waals surface area contributed by atoms with Crippen molar-refractivity contribution in [3.05, 3.63) is 35.2 Å². The van der Waals surface area contributed by atoms with Crippen LogP contribution in [0.2, 0.25) is 0 Å². The largest absolute Gasteiger partial charge is 0.465 e. The van der Waals surface area contributed by atoms with Gasteiger partial charge in [-0.05, 0) is 44.0 Å². The molecule has 0 amide bonds. The van der Waals surface area contributed by atoms with Crippen LogP contribution in [-0.4, -0.2) is 49.0 Å². The van der Waals surface area contributed by atoms with E-state index in [0.717, 1.165) is 16.6 Å². The zero-order valence-electron chi connectivity index (χ0n) is 16.3. The Labute approximate surface area is 159 Å². The average Bonchev–Trinajstić information content (AvgIpc) is 2.66. The molecule has 0 saturated heterocycles. The number of hydrogen-bond acceptors (Lipinski definition) is 8. The molecule has 2 aromatic rings. The van der Waals surface area contributed by atoms with Crippen LogP contribution in [0.5, 0.6) is 0 Å². The van der Waals surface area contributed by atoms with Crippen LogP contribution in [0.4, 0.5) is 0 Å². The molecule has 0 radical (unpaired) electrons. The van der Waals surface area contributed by atoms with Crippen LogP contribution >= 0.6 is 7.60 Å². The molecule has 8 nitrogen and oxygen atoms in total. The number of esters is 1. The van der Waals surface area contributed by atoms with E-state index in [9.17, 15) is 9.36 Å². The van der Waals surface area contributed by atoms with Gasteiger partial charge in [-0.3, -0.25) is 14.3 Å². The van der Waals surface area contributed by atoms with Gasteiger partial charge in [0.05, 0.1) is 29.5 Å². The molecule has 2 unspecified atom stereocenters. The number of rotatable bonds is 8. The van der Waals surface area contributed by atoms with E-state index in [2.05, 4.69) is 9.97 Å². The quantitative estimate of drug-likeness (QED) is 0.536. The third-order valence-corrected chi connectivity index (χ3v) is 6.48. The van der Waals surface area contributed by atoms with Gasteiger partial charge in [0.1, 0.15) is 6.04 Å². The number of nitrogens with zero attached hydrogens (tertiary/aromatic N) is 2. The molecule has 0 aliphatic heterocycles. The van der Waals surface area contributed by atoms with Gasteiger partial charge in [-0.1, -0.05) is 0 Å². The molecule has 0 saturated carbocycles. The van der Waals surface area contributed by atoms with Crippen molar-refractivity contribution in [3.63, 3.8) is 0 Å². The van der Waals surface area contributed by atoms with Gasteiger partial charge in [-0.2, -0.15) is 0 Å². The first-order chi connectivity index (χ1) is 12.7. The fourth-order valence-corrected chi connectivity index (χ4v) is 4.06. The van der Waals surface area contributed by atoms with Crippen LogP contribution in [0.3, 0.4) is 0 Å². The Balaban J connectivity index is 2.51. The van der Waals surface area contributed by atoms with Crippen LogP contribution in [0, 0.1) is 13.8 Å². The van der Waals surface area contributed by atoms with E-state index in [1.165, 1.54) is 20.4 Å². The molecule has 1 aromatic heterocycles. The molecule has 0 spiro atoms. The van der Waals surface area contributed by atoms with Gasteiger partial charge < -0.3 is 19.5 Å². The van der Waals surface area contributed by atoms with Crippen molar-refractivity contribution in [2.45, 2.75) is 32.7 Å². The maximum absolute atomic E-state index is 12.7. The van der Waals surface area contributed by atoms with Gasteiger partial charge in [0.15, 0.2) is 0 Å². The topological polar surface area (TPSA) is 114 Å². The lowest BCUT2D eigenvalue weighted by atomic mass is 9.98. The Kier molecular flexibility index (Phi) is 7.06. The second kappa shape index (κ2) is 8.89. The molecule has 1 heterocycles. The zero-order valence-corrected chi connectivity index (χ0v) is 17.2. The molecule has 2 N–H and O–H groups in total. The molecule has 9 heteroatoms. The van der Waals surface area contributed by atoms with Crippen molar-refractivity contribution >= 4 is 24.6 Å². The minimum absolute atomic E-state index is 0.120. The summed E-state index contributed by atoms with van der Waals surface area (Å²) in [6.07, 6.45) is 1.42. The van der Waals surface area contributed by atoms with Gasteiger partial charge in [-0.15, -0.1) is 0 Å². The molecular weight excluding hydrogens is 369 g/mol. The lowest BCUT2D eigenvalue weighted by Gasteiger charge is -2.25. The highest BCUT2D eigenvalue weighted by Crippen LogP contribution is 2.50. The van der Waals surface area contributed by atoms with E-state index < -0.39 is 25.5 Å². The van der Waals surface area contributed by atoms with E-state index >= 15 is 0 Å². The molecule has 2 atom stereocenters. The first-order valence-electron chi connectivity index (χ1n) is 8.61. The number of aromatic nitrogens is 2. The molecule has 148 valence electrons. The highest BCUT2D eigenvalue weighted by molar-refractivity contribution is 7.53. The van der Waals surface area contributed by atoms with Crippen molar-refractivity contribution in [1.29, 1.82) is 0 Å². The lowest BCUT2D eigenvalue weighted by Crippen LogP contribution is -2.40. The first kappa shape index (κ1) is 21.4. The average molecular weight is 395 g/mol. The predicted molar refractivity (Wildman–Crippen MR) is 103 cm³/mol. The van der Waals surface area contributed by atoms with E-state index in [4.69, 9.17) is 19.5 Å². The number of carbonyl (C=O) groups is 1. The lowest BCUT2D eigenvalue weighted by molar-refractivity contribution is -0.145. The van der Waals surface area contributed by atoms with Gasteiger partial charge in [0.25, 0.3) is 0 Å². The van der Waals surface area contributed by atoms with E-state index in [0.29, 0.717) is 11.2 Å². The molecule has 0 bridgehead atoms. The van der Waals surface area contributed by atoms with Crippen molar-refractivity contribution < 1.29 is 23.1 Å².